The Morgan fingerprint density at radius 3 is 2.40 bits per heavy atom. The van der Waals surface area contributed by atoms with Crippen molar-refractivity contribution >= 4 is 28.6 Å². The predicted octanol–water partition coefficient (Wildman–Crippen LogP) is 4.79. The van der Waals surface area contributed by atoms with Crippen molar-refractivity contribution in [3.05, 3.63) is 108 Å². The van der Waals surface area contributed by atoms with Crippen molar-refractivity contribution in [2.75, 3.05) is 39.6 Å². The van der Waals surface area contributed by atoms with Crippen molar-refractivity contribution in [1.29, 1.82) is 0 Å². The molecule has 13 nitrogen and oxygen atoms in total. The molecule has 2 aromatic carbocycles. The maximum Gasteiger partial charge on any atom is 0.228 e. The van der Waals surface area contributed by atoms with Gasteiger partial charge in [-0.05, 0) is 66.3 Å². The molecule has 3 atom stereocenters. The van der Waals surface area contributed by atoms with E-state index in [-0.39, 0.29) is 50.2 Å². The van der Waals surface area contributed by atoms with Gasteiger partial charge in [-0.1, -0.05) is 50.2 Å². The summed E-state index contributed by atoms with van der Waals surface area (Å²) in [6.07, 6.45) is 4.48. The number of Topliss-reactive ketones (excluding diaryl/α,β-unsaturated/α-hetero) is 2. The average Bonchev–Trinajstić information content (AvgIpc) is 3.62. The van der Waals surface area contributed by atoms with Crippen LogP contribution in [0.3, 0.4) is 0 Å². The monoisotopic (exact) mass is 751 g/mol. The quantitative estimate of drug-likeness (QED) is 0.0613. The molecule has 3 aromatic heterocycles. The Kier molecular flexibility index (Phi) is 15.5. The highest BCUT2D eigenvalue weighted by Gasteiger charge is 2.29. The number of carbonyl (C=O) groups is 3. The van der Waals surface area contributed by atoms with Crippen LogP contribution in [0.5, 0.6) is 5.75 Å². The summed E-state index contributed by atoms with van der Waals surface area (Å²) in [5, 5.41) is 13.4. The molecule has 0 unspecified atom stereocenters. The number of ketones is 2. The van der Waals surface area contributed by atoms with Crippen molar-refractivity contribution in [1.82, 2.24) is 20.3 Å². The Labute approximate surface area is 320 Å². The summed E-state index contributed by atoms with van der Waals surface area (Å²) in [6, 6.07) is 21.2. The van der Waals surface area contributed by atoms with Gasteiger partial charge in [0.05, 0.1) is 38.2 Å². The van der Waals surface area contributed by atoms with Crippen LogP contribution < -0.4 is 15.8 Å². The predicted molar refractivity (Wildman–Crippen MR) is 206 cm³/mol. The van der Waals surface area contributed by atoms with Crippen LogP contribution in [0.2, 0.25) is 0 Å². The molecular weight excluding hydrogens is 702 g/mol. The number of fused-ring (bicyclic) bond motifs is 1. The molecule has 5 aromatic rings. The number of nitrogens with zero attached hydrogens (tertiary/aromatic N) is 3. The molecule has 13 heteroatoms. The number of oxazole rings is 1. The Bertz CT molecular complexity index is 1950. The second-order valence-electron chi connectivity index (χ2n) is 13.7. The van der Waals surface area contributed by atoms with Crippen molar-refractivity contribution in [2.45, 2.75) is 51.7 Å². The van der Waals surface area contributed by atoms with Gasteiger partial charge in [0.15, 0.2) is 17.1 Å². The van der Waals surface area contributed by atoms with E-state index < -0.39 is 23.8 Å². The third-order valence-corrected chi connectivity index (χ3v) is 8.79. The number of ether oxygens (including phenoxy) is 3. The van der Waals surface area contributed by atoms with Gasteiger partial charge in [0.1, 0.15) is 29.7 Å². The van der Waals surface area contributed by atoms with Gasteiger partial charge in [0.25, 0.3) is 0 Å². The van der Waals surface area contributed by atoms with Gasteiger partial charge in [-0.3, -0.25) is 19.4 Å². The molecule has 0 saturated carbocycles. The fraction of sp³-hybridized carbons (Fsp3) is 0.381. The summed E-state index contributed by atoms with van der Waals surface area (Å²) in [7, 11) is 0. The van der Waals surface area contributed by atoms with Crippen molar-refractivity contribution in [3.8, 4) is 17.2 Å². The van der Waals surface area contributed by atoms with Gasteiger partial charge in [-0.2, -0.15) is 0 Å². The fourth-order valence-electron chi connectivity index (χ4n) is 5.99. The third-order valence-electron chi connectivity index (χ3n) is 8.79. The molecule has 5 rings (SSSR count). The summed E-state index contributed by atoms with van der Waals surface area (Å²) in [5.41, 5.74) is 10.3. The number of pyridine rings is 2. The van der Waals surface area contributed by atoms with Crippen LogP contribution >= 0.6 is 0 Å². The van der Waals surface area contributed by atoms with Crippen LogP contribution in [0.25, 0.3) is 22.6 Å². The average molecular weight is 752 g/mol. The van der Waals surface area contributed by atoms with Gasteiger partial charge in [-0.15, -0.1) is 0 Å². The number of nitrogens with two attached hydrogens (primary N) is 1. The molecule has 1 amide bonds. The van der Waals surface area contributed by atoms with E-state index in [1.165, 1.54) is 6.20 Å². The summed E-state index contributed by atoms with van der Waals surface area (Å²) >= 11 is 0. The lowest BCUT2D eigenvalue weighted by Gasteiger charge is -2.22. The minimum absolute atomic E-state index is 0.0828. The molecular formula is C42H49N5O8. The zero-order valence-corrected chi connectivity index (χ0v) is 31.3. The Morgan fingerprint density at radius 2 is 1.67 bits per heavy atom. The SMILES string of the molecule is CC(C)C[C@H](CC(=O)[C@@H](O)[C@H](N)Cc1ccccc1)C(=O)NCCOCCOCCOc1ccc(C(=O)Cc2ccc3oc(-c4cccnc4)nc3c2)nc1. The molecule has 0 fully saturated rings. The van der Waals surface area contributed by atoms with Crippen LogP contribution in [0.15, 0.2) is 95.8 Å². The van der Waals surface area contributed by atoms with E-state index in [4.69, 9.17) is 24.4 Å². The second-order valence-corrected chi connectivity index (χ2v) is 13.7. The fourth-order valence-corrected chi connectivity index (χ4v) is 5.99. The zero-order valence-electron chi connectivity index (χ0n) is 31.3. The third kappa shape index (κ3) is 12.9. The maximum absolute atomic E-state index is 12.9. The summed E-state index contributed by atoms with van der Waals surface area (Å²) in [5.74, 6) is -0.226. The smallest absolute Gasteiger partial charge is 0.228 e. The summed E-state index contributed by atoms with van der Waals surface area (Å²) in [6.45, 7) is 5.77. The molecule has 0 aliphatic heterocycles. The minimum atomic E-state index is -1.35. The van der Waals surface area contributed by atoms with E-state index in [0.717, 1.165) is 16.7 Å². The molecule has 0 bridgehead atoms. The van der Waals surface area contributed by atoms with E-state index >= 15 is 0 Å². The topological polar surface area (TPSA) is 189 Å². The van der Waals surface area contributed by atoms with Gasteiger partial charge in [-0.25, -0.2) is 9.97 Å². The van der Waals surface area contributed by atoms with E-state index in [2.05, 4.69) is 20.3 Å². The highest BCUT2D eigenvalue weighted by Crippen LogP contribution is 2.25. The number of aliphatic hydroxyl groups is 1. The molecule has 0 radical (unpaired) electrons. The number of carbonyl (C=O) groups excluding carboxylic acids is 3. The first kappa shape index (κ1) is 40.8. The van der Waals surface area contributed by atoms with E-state index in [0.29, 0.717) is 61.1 Å². The van der Waals surface area contributed by atoms with Crippen molar-refractivity contribution in [2.24, 2.45) is 17.6 Å². The number of nitrogens with one attached hydrogen (secondary N) is 1. The van der Waals surface area contributed by atoms with E-state index in [1.54, 1.807) is 30.6 Å². The van der Waals surface area contributed by atoms with Gasteiger partial charge >= 0.3 is 0 Å². The molecule has 0 aliphatic carbocycles. The van der Waals surface area contributed by atoms with Gasteiger partial charge < -0.3 is 34.8 Å². The molecule has 4 N–H and O–H groups in total. The van der Waals surface area contributed by atoms with Gasteiger partial charge in [0, 0.05) is 43.7 Å². The van der Waals surface area contributed by atoms with Crippen LogP contribution in [0, 0.1) is 11.8 Å². The number of amides is 1. The Balaban J connectivity index is 0.930. The van der Waals surface area contributed by atoms with E-state index in [1.807, 2.05) is 68.4 Å². The van der Waals surface area contributed by atoms with Crippen molar-refractivity contribution < 1.29 is 38.1 Å². The van der Waals surface area contributed by atoms with Crippen LogP contribution in [-0.4, -0.2) is 89.3 Å². The molecule has 55 heavy (non-hydrogen) atoms. The molecule has 0 saturated heterocycles. The van der Waals surface area contributed by atoms with E-state index in [9.17, 15) is 19.5 Å². The lowest BCUT2D eigenvalue weighted by Crippen LogP contribution is -2.44. The number of benzene rings is 2. The maximum atomic E-state index is 12.9. The highest BCUT2D eigenvalue weighted by atomic mass is 16.5. The largest absolute Gasteiger partial charge is 0.490 e. The molecule has 290 valence electrons. The van der Waals surface area contributed by atoms with Gasteiger partial charge in [0.2, 0.25) is 11.8 Å². The first-order valence-corrected chi connectivity index (χ1v) is 18.5. The highest BCUT2D eigenvalue weighted by molar-refractivity contribution is 5.96. The normalized spacial score (nSPS) is 13.0. The summed E-state index contributed by atoms with van der Waals surface area (Å²) < 4.78 is 22.7. The number of hydrogen-bond donors (Lipinski definition) is 3. The number of rotatable bonds is 23. The lowest BCUT2D eigenvalue weighted by atomic mass is 9.88. The minimum Gasteiger partial charge on any atom is -0.490 e. The number of hydrogen-bond acceptors (Lipinski definition) is 12. The molecule has 0 spiro atoms. The second kappa shape index (κ2) is 20.9. The van der Waals surface area contributed by atoms with Crippen molar-refractivity contribution in [3.63, 3.8) is 0 Å². The first-order valence-electron chi connectivity index (χ1n) is 18.5. The summed E-state index contributed by atoms with van der Waals surface area (Å²) in [4.78, 5) is 51.6. The van der Waals surface area contributed by atoms with Crippen LogP contribution in [0.1, 0.15) is 48.3 Å². The molecule has 3 heterocycles. The lowest BCUT2D eigenvalue weighted by molar-refractivity contribution is -0.134. The van der Waals surface area contributed by atoms with Crippen LogP contribution in [-0.2, 0) is 31.9 Å². The first-order chi connectivity index (χ1) is 26.7. The Hall–Kier alpha value is -5.34. The van der Waals surface area contributed by atoms with Crippen LogP contribution in [0.4, 0.5) is 0 Å². The molecule has 0 aliphatic rings. The number of aromatic nitrogens is 3. The standard InChI is InChI=1S/C42H49N5O8/c1-28(2)21-32(25-38(49)40(50)34(43)22-29-7-4-3-5-8-29)41(51)45-15-16-52-17-18-53-19-20-54-33-11-12-35(46-27-33)37(48)24-30-10-13-39-36(23-30)47-42(55-39)31-9-6-14-44-26-31/h3-14,23,26-28,32,34,40,50H,15-22,24-25,43H2,1-2H3,(H,45,51)/t32-,34-,40+/m1/s1. The Morgan fingerprint density at radius 1 is 0.891 bits per heavy atom. The zero-order chi connectivity index (χ0) is 39.0. The number of aliphatic hydroxyl groups excluding tert-OH is 1.